The zero-order chi connectivity index (χ0) is 12.9. The highest BCUT2D eigenvalue weighted by atomic mass is 19.1. The molecule has 3 nitrogen and oxygen atoms in total. The molecule has 0 aliphatic rings. The van der Waals surface area contributed by atoms with Gasteiger partial charge in [0.1, 0.15) is 5.82 Å². The van der Waals surface area contributed by atoms with Crippen LogP contribution in [0.2, 0.25) is 0 Å². The van der Waals surface area contributed by atoms with Gasteiger partial charge in [-0.25, -0.2) is 4.39 Å². The Morgan fingerprint density at radius 2 is 2.12 bits per heavy atom. The van der Waals surface area contributed by atoms with Crippen molar-refractivity contribution in [3.63, 3.8) is 0 Å². The summed E-state index contributed by atoms with van der Waals surface area (Å²) in [5.41, 5.74) is 5.42. The summed E-state index contributed by atoms with van der Waals surface area (Å²) in [6, 6.07) is 6.42. The number of halogens is 1. The summed E-state index contributed by atoms with van der Waals surface area (Å²) in [7, 11) is 1.59. The van der Waals surface area contributed by atoms with Crippen molar-refractivity contribution in [3.05, 3.63) is 35.6 Å². The van der Waals surface area contributed by atoms with Gasteiger partial charge in [0.25, 0.3) is 0 Å². The van der Waals surface area contributed by atoms with Crippen LogP contribution in [-0.4, -0.2) is 31.5 Å². The summed E-state index contributed by atoms with van der Waals surface area (Å²) in [5, 5.41) is 9.60. The molecular weight excluding hydrogens is 221 g/mol. The molecule has 0 amide bonds. The number of hydrogen-bond donors (Lipinski definition) is 2. The molecule has 0 aliphatic carbocycles. The fourth-order valence-corrected chi connectivity index (χ4v) is 2.04. The number of nitrogens with two attached hydrogens (primary N) is 1. The van der Waals surface area contributed by atoms with Gasteiger partial charge in [0, 0.05) is 19.1 Å². The van der Waals surface area contributed by atoms with E-state index in [9.17, 15) is 9.50 Å². The molecule has 96 valence electrons. The van der Waals surface area contributed by atoms with Crippen molar-refractivity contribution in [1.29, 1.82) is 0 Å². The molecule has 0 radical (unpaired) electrons. The zero-order valence-corrected chi connectivity index (χ0v) is 10.3. The zero-order valence-electron chi connectivity index (χ0n) is 10.3. The summed E-state index contributed by atoms with van der Waals surface area (Å²) >= 11 is 0. The van der Waals surface area contributed by atoms with Gasteiger partial charge in [0.15, 0.2) is 0 Å². The Labute approximate surface area is 101 Å². The number of hydrogen-bond acceptors (Lipinski definition) is 3. The quantitative estimate of drug-likeness (QED) is 0.792. The molecule has 0 saturated carbocycles. The van der Waals surface area contributed by atoms with Crippen LogP contribution in [0.3, 0.4) is 0 Å². The second-order valence-electron chi connectivity index (χ2n) is 4.37. The van der Waals surface area contributed by atoms with Crippen molar-refractivity contribution in [2.75, 3.05) is 20.3 Å². The third-order valence-corrected chi connectivity index (χ3v) is 3.22. The minimum atomic E-state index is -0.777. The number of methoxy groups -OCH3 is 1. The normalized spacial score (nSPS) is 16.5. The first-order valence-corrected chi connectivity index (χ1v) is 5.68. The van der Waals surface area contributed by atoms with Crippen LogP contribution in [-0.2, 0) is 10.2 Å². The molecule has 3 N–H and O–H groups in total. The van der Waals surface area contributed by atoms with E-state index in [1.165, 1.54) is 6.07 Å². The number of rotatable bonds is 6. The highest BCUT2D eigenvalue weighted by Gasteiger charge is 2.34. The molecule has 0 heterocycles. The molecule has 0 bridgehead atoms. The molecule has 1 rings (SSSR count). The highest BCUT2D eigenvalue weighted by molar-refractivity contribution is 5.28. The topological polar surface area (TPSA) is 55.5 Å². The predicted octanol–water partition coefficient (Wildman–Crippen LogP) is 1.44. The summed E-state index contributed by atoms with van der Waals surface area (Å²) in [4.78, 5) is 0. The van der Waals surface area contributed by atoms with Gasteiger partial charge in [-0.3, -0.25) is 0 Å². The number of aliphatic hydroxyl groups is 1. The molecule has 0 aromatic heterocycles. The lowest BCUT2D eigenvalue weighted by molar-refractivity contribution is 0.0678. The minimum absolute atomic E-state index is 0.0923. The number of ether oxygens (including phenoxy) is 1. The molecule has 17 heavy (non-hydrogen) atoms. The van der Waals surface area contributed by atoms with E-state index in [0.29, 0.717) is 12.0 Å². The van der Waals surface area contributed by atoms with E-state index >= 15 is 0 Å². The maximum Gasteiger partial charge on any atom is 0.127 e. The van der Waals surface area contributed by atoms with Gasteiger partial charge >= 0.3 is 0 Å². The van der Waals surface area contributed by atoms with Crippen molar-refractivity contribution >= 4 is 0 Å². The third-order valence-electron chi connectivity index (χ3n) is 3.22. The van der Waals surface area contributed by atoms with Crippen LogP contribution >= 0.6 is 0 Å². The Balaban J connectivity index is 3.11. The fraction of sp³-hybridized carbons (Fsp3) is 0.538. The molecule has 0 saturated heterocycles. The van der Waals surface area contributed by atoms with Gasteiger partial charge in [-0.2, -0.15) is 0 Å². The molecule has 0 spiro atoms. The first-order chi connectivity index (χ1) is 8.09. The minimum Gasteiger partial charge on any atom is -0.395 e. The van der Waals surface area contributed by atoms with Gasteiger partial charge in [0.2, 0.25) is 0 Å². The van der Waals surface area contributed by atoms with Crippen molar-refractivity contribution in [2.24, 2.45) is 5.73 Å². The lowest BCUT2D eigenvalue weighted by Gasteiger charge is -2.33. The molecule has 2 unspecified atom stereocenters. The van der Waals surface area contributed by atoms with E-state index in [0.717, 1.165) is 0 Å². The Morgan fingerprint density at radius 3 is 2.59 bits per heavy atom. The van der Waals surface area contributed by atoms with Crippen LogP contribution in [0.5, 0.6) is 0 Å². The average molecular weight is 241 g/mol. The summed E-state index contributed by atoms with van der Waals surface area (Å²) in [6.45, 7) is 1.86. The summed E-state index contributed by atoms with van der Waals surface area (Å²) < 4.78 is 19.0. The molecule has 1 aromatic carbocycles. The van der Waals surface area contributed by atoms with Crippen molar-refractivity contribution in [1.82, 2.24) is 0 Å². The number of aliphatic hydroxyl groups excluding tert-OH is 1. The van der Waals surface area contributed by atoms with Crippen molar-refractivity contribution < 1.29 is 14.2 Å². The Kier molecular flexibility index (Phi) is 5.05. The van der Waals surface area contributed by atoms with Gasteiger partial charge < -0.3 is 15.6 Å². The maximum absolute atomic E-state index is 13.8. The van der Waals surface area contributed by atoms with Crippen LogP contribution < -0.4 is 5.73 Å². The van der Waals surface area contributed by atoms with Crippen LogP contribution in [0.1, 0.15) is 18.9 Å². The van der Waals surface area contributed by atoms with Crippen LogP contribution in [0, 0.1) is 5.82 Å². The SMILES string of the molecule is COC(C)CC(CN)(CO)c1ccccc1F. The first-order valence-electron chi connectivity index (χ1n) is 5.68. The Bertz CT molecular complexity index is 353. The summed E-state index contributed by atoms with van der Waals surface area (Å²) in [6.07, 6.45) is 0.391. The lowest BCUT2D eigenvalue weighted by Crippen LogP contribution is -2.42. The van der Waals surface area contributed by atoms with E-state index in [2.05, 4.69) is 0 Å². The molecule has 2 atom stereocenters. The smallest absolute Gasteiger partial charge is 0.127 e. The van der Waals surface area contributed by atoms with E-state index in [-0.39, 0.29) is 25.1 Å². The standard InChI is InChI=1S/C13H20FNO2/c1-10(17-2)7-13(8-15,9-16)11-5-3-4-6-12(11)14/h3-6,10,16H,7-9,15H2,1-2H3. The fourth-order valence-electron chi connectivity index (χ4n) is 2.04. The Morgan fingerprint density at radius 1 is 1.47 bits per heavy atom. The molecule has 4 heteroatoms. The first kappa shape index (κ1) is 14.1. The molecule has 0 aliphatic heterocycles. The monoisotopic (exact) mass is 241 g/mol. The second-order valence-corrected chi connectivity index (χ2v) is 4.37. The van der Waals surface area contributed by atoms with Crippen molar-refractivity contribution in [3.8, 4) is 0 Å². The van der Waals surface area contributed by atoms with Gasteiger partial charge in [-0.15, -0.1) is 0 Å². The predicted molar refractivity (Wildman–Crippen MR) is 65.3 cm³/mol. The third kappa shape index (κ3) is 3.03. The van der Waals surface area contributed by atoms with Crippen LogP contribution in [0.4, 0.5) is 4.39 Å². The Hall–Kier alpha value is -0.970. The van der Waals surface area contributed by atoms with E-state index in [4.69, 9.17) is 10.5 Å². The van der Waals surface area contributed by atoms with Gasteiger partial charge in [-0.1, -0.05) is 18.2 Å². The average Bonchev–Trinajstić information content (AvgIpc) is 2.36. The molecular formula is C13H20FNO2. The molecule has 0 fully saturated rings. The second kappa shape index (κ2) is 6.10. The van der Waals surface area contributed by atoms with E-state index in [1.54, 1.807) is 25.3 Å². The molecule has 1 aromatic rings. The van der Waals surface area contributed by atoms with Gasteiger partial charge in [-0.05, 0) is 25.0 Å². The largest absolute Gasteiger partial charge is 0.395 e. The van der Waals surface area contributed by atoms with Gasteiger partial charge in [0.05, 0.1) is 12.7 Å². The maximum atomic E-state index is 13.8. The highest BCUT2D eigenvalue weighted by Crippen LogP contribution is 2.30. The summed E-state index contributed by atoms with van der Waals surface area (Å²) in [5.74, 6) is -0.338. The number of benzene rings is 1. The van der Waals surface area contributed by atoms with E-state index in [1.807, 2.05) is 6.92 Å². The lowest BCUT2D eigenvalue weighted by atomic mass is 9.76. The van der Waals surface area contributed by atoms with Crippen LogP contribution in [0.25, 0.3) is 0 Å². The van der Waals surface area contributed by atoms with E-state index < -0.39 is 5.41 Å². The van der Waals surface area contributed by atoms with Crippen LogP contribution in [0.15, 0.2) is 24.3 Å². The van der Waals surface area contributed by atoms with Crippen molar-refractivity contribution in [2.45, 2.75) is 24.9 Å².